The van der Waals surface area contributed by atoms with Crippen LogP contribution in [0.2, 0.25) is 0 Å². The van der Waals surface area contributed by atoms with Crippen molar-refractivity contribution < 1.29 is 9.13 Å². The van der Waals surface area contributed by atoms with E-state index in [1.54, 1.807) is 17.4 Å². The third-order valence-electron chi connectivity index (χ3n) is 2.97. The zero-order valence-corrected chi connectivity index (χ0v) is 14.4. The number of thiophene rings is 1. The number of ether oxygens (including phenoxy) is 1. The highest BCUT2D eigenvalue weighted by molar-refractivity contribution is 9.10. The number of nitrogens with zero attached hydrogens (tertiary/aromatic N) is 1. The lowest BCUT2D eigenvalue weighted by Gasteiger charge is -2.21. The van der Waals surface area contributed by atoms with Crippen LogP contribution in [-0.2, 0) is 6.54 Å². The molecular weight excluding hydrogens is 355 g/mol. The van der Waals surface area contributed by atoms with E-state index in [4.69, 9.17) is 10.5 Å². The smallest absolute Gasteiger partial charge is 0.167 e. The summed E-state index contributed by atoms with van der Waals surface area (Å²) in [5.41, 5.74) is 7.12. The van der Waals surface area contributed by atoms with Crippen LogP contribution in [0.1, 0.15) is 18.2 Å². The van der Waals surface area contributed by atoms with Crippen molar-refractivity contribution >= 4 is 38.6 Å². The summed E-state index contributed by atoms with van der Waals surface area (Å²) < 4.78 is 20.3. The van der Waals surface area contributed by atoms with Gasteiger partial charge in [0.15, 0.2) is 11.6 Å². The largest absolute Gasteiger partial charge is 0.490 e. The van der Waals surface area contributed by atoms with E-state index in [0.29, 0.717) is 18.8 Å². The van der Waals surface area contributed by atoms with Crippen LogP contribution in [0.5, 0.6) is 5.75 Å². The molecule has 0 spiro atoms. The molecule has 3 nitrogen and oxygen atoms in total. The lowest BCUT2D eigenvalue weighted by atomic mass is 10.2. The van der Waals surface area contributed by atoms with E-state index in [2.05, 4.69) is 22.0 Å². The zero-order chi connectivity index (χ0) is 15.4. The fraction of sp³-hybridized carbons (Fsp3) is 0.333. The number of benzene rings is 1. The van der Waals surface area contributed by atoms with Crippen molar-refractivity contribution in [2.45, 2.75) is 19.9 Å². The highest BCUT2D eigenvalue weighted by atomic mass is 79.9. The number of nitrogens with two attached hydrogens (primary N) is 1. The highest BCUT2D eigenvalue weighted by Gasteiger charge is 2.13. The quantitative estimate of drug-likeness (QED) is 0.749. The van der Waals surface area contributed by atoms with Gasteiger partial charge < -0.3 is 15.4 Å². The molecule has 0 unspecified atom stereocenters. The van der Waals surface area contributed by atoms with E-state index < -0.39 is 5.82 Å². The fourth-order valence-corrected chi connectivity index (χ4v) is 3.47. The maximum Gasteiger partial charge on any atom is 0.167 e. The number of hydrogen-bond acceptors (Lipinski definition) is 4. The topological polar surface area (TPSA) is 38.5 Å². The van der Waals surface area contributed by atoms with Crippen LogP contribution in [-0.4, -0.2) is 13.7 Å². The maximum atomic E-state index is 13.8. The molecule has 0 aliphatic heterocycles. The Morgan fingerprint density at radius 3 is 2.76 bits per heavy atom. The Morgan fingerprint density at radius 1 is 1.38 bits per heavy atom. The summed E-state index contributed by atoms with van der Waals surface area (Å²) >= 11 is 5.10. The van der Waals surface area contributed by atoms with Crippen molar-refractivity contribution in [1.82, 2.24) is 0 Å². The second-order valence-electron chi connectivity index (χ2n) is 4.78. The molecule has 6 heteroatoms. The maximum absolute atomic E-state index is 13.8. The Morgan fingerprint density at radius 2 is 2.14 bits per heavy atom. The first-order valence-corrected chi connectivity index (χ1v) is 8.34. The van der Waals surface area contributed by atoms with E-state index in [1.165, 1.54) is 10.9 Å². The lowest BCUT2D eigenvalue weighted by molar-refractivity contribution is 0.301. The minimum atomic E-state index is -0.419. The molecule has 0 saturated carbocycles. The van der Waals surface area contributed by atoms with Gasteiger partial charge >= 0.3 is 0 Å². The van der Waals surface area contributed by atoms with Crippen LogP contribution < -0.4 is 15.4 Å². The first-order chi connectivity index (χ1) is 10.0. The molecular formula is C15H18BrFN2OS. The third kappa shape index (κ3) is 4.11. The lowest BCUT2D eigenvalue weighted by Crippen LogP contribution is -2.17. The molecule has 0 aliphatic carbocycles. The summed E-state index contributed by atoms with van der Waals surface area (Å²) in [6.45, 7) is 3.18. The number of hydrogen-bond donors (Lipinski definition) is 1. The Hall–Kier alpha value is -1.27. The molecule has 1 aromatic heterocycles. The molecule has 1 heterocycles. The predicted octanol–water partition coefficient (Wildman–Crippen LogP) is 4.66. The third-order valence-corrected chi connectivity index (χ3v) is 4.65. The van der Waals surface area contributed by atoms with Crippen LogP contribution in [0.25, 0.3) is 0 Å². The molecule has 0 saturated heterocycles. The van der Waals surface area contributed by atoms with Gasteiger partial charge in [-0.15, -0.1) is 11.3 Å². The molecule has 0 aliphatic rings. The van der Waals surface area contributed by atoms with Crippen molar-refractivity contribution in [2.75, 3.05) is 24.3 Å². The van der Waals surface area contributed by atoms with Crippen LogP contribution in [0.15, 0.2) is 28.1 Å². The summed E-state index contributed by atoms with van der Waals surface area (Å²) in [6, 6.07) is 5.06. The normalized spacial score (nSPS) is 10.7. The average Bonchev–Trinajstić information content (AvgIpc) is 2.83. The molecule has 0 atom stereocenters. The second-order valence-corrected chi connectivity index (χ2v) is 6.69. The van der Waals surface area contributed by atoms with Gasteiger partial charge in [-0.3, -0.25) is 0 Å². The Bertz CT molecular complexity index is 618. The molecule has 2 rings (SSSR count). The summed E-state index contributed by atoms with van der Waals surface area (Å²) in [4.78, 5) is 3.19. The van der Waals surface area contributed by atoms with Gasteiger partial charge in [0, 0.05) is 33.9 Å². The zero-order valence-electron chi connectivity index (χ0n) is 12.0. The van der Waals surface area contributed by atoms with Gasteiger partial charge in [-0.25, -0.2) is 4.39 Å². The minimum absolute atomic E-state index is 0.250. The number of nitrogen functional groups attached to an aromatic ring is 1. The van der Waals surface area contributed by atoms with Crippen molar-refractivity contribution in [2.24, 2.45) is 0 Å². The summed E-state index contributed by atoms with van der Waals surface area (Å²) in [5, 5.41) is 2.03. The first-order valence-electron chi connectivity index (χ1n) is 6.67. The van der Waals surface area contributed by atoms with E-state index in [1.807, 2.05) is 24.3 Å². The van der Waals surface area contributed by atoms with Gasteiger partial charge in [0.2, 0.25) is 0 Å². The van der Waals surface area contributed by atoms with Gasteiger partial charge in [0.05, 0.1) is 24.5 Å². The molecule has 0 radical (unpaired) electrons. The van der Waals surface area contributed by atoms with E-state index in [0.717, 1.165) is 16.6 Å². The van der Waals surface area contributed by atoms with Crippen molar-refractivity contribution in [3.63, 3.8) is 0 Å². The van der Waals surface area contributed by atoms with Crippen molar-refractivity contribution in [3.8, 4) is 5.75 Å². The summed E-state index contributed by atoms with van der Waals surface area (Å²) in [7, 11) is 1.93. The summed E-state index contributed by atoms with van der Waals surface area (Å²) in [6.07, 6.45) is 0.832. The standard InChI is InChI=1S/C15H18BrFN2OS/c1-3-4-20-15-7-14(13(18)6-12(15)17)19(2)8-11-5-10(16)9-21-11/h5-7,9H,3-4,8,18H2,1-2H3. The van der Waals surface area contributed by atoms with E-state index in [9.17, 15) is 4.39 Å². The predicted molar refractivity (Wildman–Crippen MR) is 90.7 cm³/mol. The average molecular weight is 373 g/mol. The second kappa shape index (κ2) is 7.13. The van der Waals surface area contributed by atoms with E-state index >= 15 is 0 Å². The Labute approximate surface area is 136 Å². The van der Waals surface area contributed by atoms with Gasteiger partial charge in [0.1, 0.15) is 0 Å². The monoisotopic (exact) mass is 372 g/mol. The minimum Gasteiger partial charge on any atom is -0.490 e. The summed E-state index contributed by atoms with van der Waals surface area (Å²) in [5.74, 6) is -0.169. The molecule has 0 fully saturated rings. The first kappa shape index (κ1) is 16.1. The number of rotatable bonds is 6. The van der Waals surface area contributed by atoms with Gasteiger partial charge in [-0.2, -0.15) is 0 Å². The molecule has 2 N–H and O–H groups in total. The Balaban J connectivity index is 2.20. The SMILES string of the molecule is CCCOc1cc(N(C)Cc2cc(Br)cs2)c(N)cc1F. The van der Waals surface area contributed by atoms with Crippen molar-refractivity contribution in [3.05, 3.63) is 38.7 Å². The molecule has 0 amide bonds. The van der Waals surface area contributed by atoms with Crippen LogP contribution >= 0.6 is 27.3 Å². The highest BCUT2D eigenvalue weighted by Crippen LogP contribution is 2.32. The van der Waals surface area contributed by atoms with Crippen LogP contribution in [0.3, 0.4) is 0 Å². The molecule has 114 valence electrons. The van der Waals surface area contributed by atoms with Crippen molar-refractivity contribution in [1.29, 1.82) is 0 Å². The van der Waals surface area contributed by atoms with Gasteiger partial charge in [-0.1, -0.05) is 6.92 Å². The van der Waals surface area contributed by atoms with Gasteiger partial charge in [0.25, 0.3) is 0 Å². The molecule has 0 bridgehead atoms. The van der Waals surface area contributed by atoms with E-state index in [-0.39, 0.29) is 5.75 Å². The molecule has 1 aromatic carbocycles. The van der Waals surface area contributed by atoms with Gasteiger partial charge in [-0.05, 0) is 28.4 Å². The molecule has 2 aromatic rings. The Kier molecular flexibility index (Phi) is 5.47. The molecule has 21 heavy (non-hydrogen) atoms. The fourth-order valence-electron chi connectivity index (χ4n) is 1.97. The van der Waals surface area contributed by atoms with Crippen LogP contribution in [0.4, 0.5) is 15.8 Å². The van der Waals surface area contributed by atoms with Crippen LogP contribution in [0, 0.1) is 5.82 Å². The number of anilines is 2. The number of halogens is 2.